The molecule has 2 aliphatic rings. The summed E-state index contributed by atoms with van der Waals surface area (Å²) in [6.45, 7) is 1.78. The Morgan fingerprint density at radius 2 is 2.20 bits per heavy atom. The summed E-state index contributed by atoms with van der Waals surface area (Å²) < 4.78 is 5.06. The zero-order valence-corrected chi connectivity index (χ0v) is 12.7. The van der Waals surface area contributed by atoms with Crippen molar-refractivity contribution < 1.29 is 4.74 Å². The van der Waals surface area contributed by atoms with Gasteiger partial charge in [-0.1, -0.05) is 30.7 Å². The van der Waals surface area contributed by atoms with Gasteiger partial charge in [0.25, 0.3) is 0 Å². The third-order valence-electron chi connectivity index (χ3n) is 4.19. The molecule has 1 saturated carbocycles. The molecule has 1 spiro atoms. The Balaban J connectivity index is 1.52. The zero-order chi connectivity index (χ0) is 13.8. The first-order chi connectivity index (χ1) is 9.80. The summed E-state index contributed by atoms with van der Waals surface area (Å²) in [6.07, 6.45) is 7.34. The molecule has 0 amide bonds. The Morgan fingerprint density at radius 1 is 1.35 bits per heavy atom. The van der Waals surface area contributed by atoms with E-state index in [1.807, 2.05) is 30.1 Å². The van der Waals surface area contributed by atoms with E-state index >= 15 is 0 Å². The molecule has 3 rings (SSSR count). The third kappa shape index (κ3) is 3.08. The van der Waals surface area contributed by atoms with E-state index in [0.29, 0.717) is 11.3 Å². The molecular weight excluding hydrogens is 270 g/mol. The maximum absolute atomic E-state index is 5.06. The molecule has 0 saturated heterocycles. The van der Waals surface area contributed by atoms with Crippen molar-refractivity contribution in [3.05, 3.63) is 23.9 Å². The zero-order valence-electron chi connectivity index (χ0n) is 11.9. The fourth-order valence-corrected chi connectivity index (χ4v) is 4.05. The molecule has 108 valence electrons. The van der Waals surface area contributed by atoms with Crippen molar-refractivity contribution in [2.45, 2.75) is 32.2 Å². The van der Waals surface area contributed by atoms with Gasteiger partial charge in [-0.3, -0.25) is 4.99 Å². The van der Waals surface area contributed by atoms with Gasteiger partial charge in [0.1, 0.15) is 0 Å². The molecular formula is C15H21N3OS. The Bertz CT molecular complexity index is 480. The van der Waals surface area contributed by atoms with Gasteiger partial charge >= 0.3 is 0 Å². The first-order valence-electron chi connectivity index (χ1n) is 7.20. The van der Waals surface area contributed by atoms with E-state index in [1.54, 1.807) is 7.11 Å². The number of aliphatic imine (C=N–C) groups is 1. The SMILES string of the molecule is COc1ccc(CNC2=NCC3(CCCC3)CS2)cn1. The van der Waals surface area contributed by atoms with Crippen LogP contribution in [0.25, 0.3) is 0 Å². The van der Waals surface area contributed by atoms with E-state index < -0.39 is 0 Å². The average Bonchev–Trinajstić information content (AvgIpc) is 2.96. The number of hydrogen-bond acceptors (Lipinski definition) is 5. The minimum atomic E-state index is 0.511. The fraction of sp³-hybridized carbons (Fsp3) is 0.600. The molecule has 0 bridgehead atoms. The molecule has 1 aliphatic carbocycles. The standard InChI is InChI=1S/C15H21N3OS/c1-19-13-5-4-12(8-16-13)9-17-14-18-10-15(11-20-14)6-2-3-7-15/h4-5,8H,2-3,6-7,9-11H2,1H3,(H,17,18). The normalized spacial score (nSPS) is 20.8. The Morgan fingerprint density at radius 3 is 2.80 bits per heavy atom. The van der Waals surface area contributed by atoms with Crippen LogP contribution in [0.4, 0.5) is 0 Å². The highest BCUT2D eigenvalue weighted by Gasteiger charge is 2.36. The number of nitrogens with zero attached hydrogens (tertiary/aromatic N) is 2. The summed E-state index contributed by atoms with van der Waals surface area (Å²) in [5.74, 6) is 1.88. The number of aromatic nitrogens is 1. The molecule has 4 nitrogen and oxygen atoms in total. The molecule has 0 aromatic carbocycles. The largest absolute Gasteiger partial charge is 0.481 e. The summed E-state index contributed by atoms with van der Waals surface area (Å²) in [6, 6.07) is 3.92. The van der Waals surface area contributed by atoms with E-state index in [-0.39, 0.29) is 0 Å². The summed E-state index contributed by atoms with van der Waals surface area (Å²) >= 11 is 1.88. The number of nitrogens with one attached hydrogen (secondary N) is 1. The van der Waals surface area contributed by atoms with Gasteiger partial charge in [-0.15, -0.1) is 0 Å². The van der Waals surface area contributed by atoms with Gasteiger partial charge in [0.15, 0.2) is 5.17 Å². The van der Waals surface area contributed by atoms with Gasteiger partial charge in [0.2, 0.25) is 5.88 Å². The number of hydrogen-bond donors (Lipinski definition) is 1. The molecule has 0 atom stereocenters. The van der Waals surface area contributed by atoms with Crippen molar-refractivity contribution in [2.75, 3.05) is 19.4 Å². The van der Waals surface area contributed by atoms with Crippen molar-refractivity contribution in [1.82, 2.24) is 10.3 Å². The fourth-order valence-electron chi connectivity index (χ4n) is 2.90. The maximum atomic E-state index is 5.06. The maximum Gasteiger partial charge on any atom is 0.212 e. The molecule has 20 heavy (non-hydrogen) atoms. The number of methoxy groups -OCH3 is 1. The van der Waals surface area contributed by atoms with Crippen LogP contribution in [0.5, 0.6) is 5.88 Å². The van der Waals surface area contributed by atoms with Crippen LogP contribution in [-0.4, -0.2) is 29.6 Å². The summed E-state index contributed by atoms with van der Waals surface area (Å²) in [4.78, 5) is 8.95. The highest BCUT2D eigenvalue weighted by atomic mass is 32.2. The average molecular weight is 291 g/mol. The molecule has 1 aromatic heterocycles. The van der Waals surface area contributed by atoms with Crippen molar-refractivity contribution in [2.24, 2.45) is 10.4 Å². The monoisotopic (exact) mass is 291 g/mol. The van der Waals surface area contributed by atoms with Gasteiger partial charge in [-0.05, 0) is 23.8 Å². The molecule has 0 radical (unpaired) electrons. The van der Waals surface area contributed by atoms with Crippen LogP contribution in [0.3, 0.4) is 0 Å². The highest BCUT2D eigenvalue weighted by molar-refractivity contribution is 8.13. The lowest BCUT2D eigenvalue weighted by atomic mass is 9.89. The van der Waals surface area contributed by atoms with Gasteiger partial charge < -0.3 is 10.1 Å². The van der Waals surface area contributed by atoms with Crippen LogP contribution < -0.4 is 10.1 Å². The van der Waals surface area contributed by atoms with Crippen molar-refractivity contribution in [3.63, 3.8) is 0 Å². The van der Waals surface area contributed by atoms with Crippen molar-refractivity contribution in [1.29, 1.82) is 0 Å². The second-order valence-corrected chi connectivity index (χ2v) is 6.64. The minimum Gasteiger partial charge on any atom is -0.481 e. The number of amidine groups is 1. The first-order valence-corrected chi connectivity index (χ1v) is 8.18. The second-order valence-electron chi connectivity index (χ2n) is 5.68. The molecule has 2 heterocycles. The number of thioether (sulfide) groups is 1. The topological polar surface area (TPSA) is 46.5 Å². The molecule has 1 fully saturated rings. The quantitative estimate of drug-likeness (QED) is 0.930. The van der Waals surface area contributed by atoms with Gasteiger partial charge in [0, 0.05) is 31.1 Å². The van der Waals surface area contributed by atoms with Crippen molar-refractivity contribution >= 4 is 16.9 Å². The summed E-state index contributed by atoms with van der Waals surface area (Å²) in [5, 5.41) is 4.50. The van der Waals surface area contributed by atoms with Crippen LogP contribution in [-0.2, 0) is 6.54 Å². The molecule has 1 N–H and O–H groups in total. The van der Waals surface area contributed by atoms with E-state index in [2.05, 4.69) is 10.3 Å². The molecule has 1 aliphatic heterocycles. The minimum absolute atomic E-state index is 0.511. The number of rotatable bonds is 3. The third-order valence-corrected chi connectivity index (χ3v) is 5.49. The van der Waals surface area contributed by atoms with Crippen LogP contribution >= 0.6 is 11.8 Å². The highest BCUT2D eigenvalue weighted by Crippen LogP contribution is 2.43. The van der Waals surface area contributed by atoms with Crippen LogP contribution in [0.1, 0.15) is 31.2 Å². The molecule has 1 aromatic rings. The number of ether oxygens (including phenoxy) is 1. The summed E-state index contributed by atoms with van der Waals surface area (Å²) in [7, 11) is 1.63. The summed E-state index contributed by atoms with van der Waals surface area (Å²) in [5.41, 5.74) is 1.66. The van der Waals surface area contributed by atoms with E-state index in [9.17, 15) is 0 Å². The van der Waals surface area contributed by atoms with Gasteiger partial charge in [0.05, 0.1) is 7.11 Å². The predicted octanol–water partition coefficient (Wildman–Crippen LogP) is 2.84. The molecule has 0 unspecified atom stereocenters. The van der Waals surface area contributed by atoms with E-state index in [0.717, 1.165) is 23.8 Å². The van der Waals surface area contributed by atoms with Gasteiger partial charge in [-0.2, -0.15) is 0 Å². The lowest BCUT2D eigenvalue weighted by molar-refractivity contribution is 0.358. The van der Waals surface area contributed by atoms with E-state index in [1.165, 1.54) is 31.4 Å². The second kappa shape index (κ2) is 6.04. The Labute approximate surface area is 124 Å². The van der Waals surface area contributed by atoms with Crippen LogP contribution in [0.2, 0.25) is 0 Å². The molecule has 5 heteroatoms. The lowest BCUT2D eigenvalue weighted by Gasteiger charge is -2.31. The van der Waals surface area contributed by atoms with Gasteiger partial charge in [-0.25, -0.2) is 4.98 Å². The Kier molecular flexibility index (Phi) is 4.15. The van der Waals surface area contributed by atoms with E-state index in [4.69, 9.17) is 9.73 Å². The predicted molar refractivity (Wildman–Crippen MR) is 83.3 cm³/mol. The lowest BCUT2D eigenvalue weighted by Crippen LogP contribution is -2.33. The van der Waals surface area contributed by atoms with Crippen molar-refractivity contribution in [3.8, 4) is 5.88 Å². The Hall–Kier alpha value is -1.23. The smallest absolute Gasteiger partial charge is 0.212 e. The number of pyridine rings is 1. The van der Waals surface area contributed by atoms with Crippen LogP contribution in [0, 0.1) is 5.41 Å². The van der Waals surface area contributed by atoms with Crippen LogP contribution in [0.15, 0.2) is 23.3 Å². The first kappa shape index (κ1) is 13.7.